The van der Waals surface area contributed by atoms with Crippen molar-refractivity contribution in [3.05, 3.63) is 0 Å². The molecule has 1 aliphatic rings. The molecule has 1 rings (SSSR count). The predicted octanol–water partition coefficient (Wildman–Crippen LogP) is 2.10. The topological polar surface area (TPSA) is 57.2 Å². The maximum Gasteiger partial charge on any atom is 0.409 e. The molecule has 1 saturated heterocycles. The molecule has 0 aromatic heterocycles. The Bertz CT molecular complexity index is 337. The molecule has 1 fully saturated rings. The van der Waals surface area contributed by atoms with Crippen LogP contribution in [0.1, 0.15) is 20.3 Å². The van der Waals surface area contributed by atoms with E-state index in [0.717, 1.165) is 44.3 Å². The van der Waals surface area contributed by atoms with E-state index < -0.39 is 0 Å². The van der Waals surface area contributed by atoms with Gasteiger partial charge in [0.25, 0.3) is 0 Å². The zero-order chi connectivity index (χ0) is 15.5. The van der Waals surface area contributed by atoms with Gasteiger partial charge in [0.2, 0.25) is 0 Å². The molecule has 6 nitrogen and oxygen atoms in total. The number of aliphatic imine (C=N–C) groups is 1. The highest BCUT2D eigenvalue weighted by Crippen LogP contribution is 2.05. The lowest BCUT2D eigenvalue weighted by Crippen LogP contribution is -2.53. The van der Waals surface area contributed by atoms with Crippen molar-refractivity contribution in [1.29, 1.82) is 0 Å². The Labute approximate surface area is 155 Å². The average Bonchev–Trinajstić information content (AvgIpc) is 2.51. The Balaban J connectivity index is 0.00000441. The highest BCUT2D eigenvalue weighted by Gasteiger charge is 2.23. The number of hydrogen-bond acceptors (Lipinski definition) is 4. The minimum absolute atomic E-state index is 0. The van der Waals surface area contributed by atoms with Gasteiger partial charge in [0.05, 0.1) is 6.61 Å². The van der Waals surface area contributed by atoms with Crippen molar-refractivity contribution in [3.8, 4) is 0 Å². The molecule has 0 aromatic carbocycles. The standard InChI is InChI=1S/C14H28N4O2S.HI/c1-4-15-13(16-7-6-12-21-3)17-8-10-18(11-9-17)14(19)20-5-2;/h4-12H2,1-3H3,(H,15,16);1H. The van der Waals surface area contributed by atoms with Crippen LogP contribution in [0.15, 0.2) is 4.99 Å². The zero-order valence-corrected chi connectivity index (χ0v) is 17.0. The summed E-state index contributed by atoms with van der Waals surface area (Å²) >= 11 is 1.85. The molecule has 1 N–H and O–H groups in total. The number of piperazine rings is 1. The van der Waals surface area contributed by atoms with Gasteiger partial charge in [-0.25, -0.2) is 4.79 Å². The van der Waals surface area contributed by atoms with Gasteiger partial charge < -0.3 is 19.9 Å². The Hall–Kier alpha value is -0.380. The van der Waals surface area contributed by atoms with E-state index >= 15 is 0 Å². The van der Waals surface area contributed by atoms with Gasteiger partial charge in [0.1, 0.15) is 0 Å². The summed E-state index contributed by atoms with van der Waals surface area (Å²) < 4.78 is 5.04. The summed E-state index contributed by atoms with van der Waals surface area (Å²) in [4.78, 5) is 20.3. The number of halogens is 1. The Morgan fingerprint density at radius 3 is 2.41 bits per heavy atom. The lowest BCUT2D eigenvalue weighted by molar-refractivity contribution is 0.0914. The van der Waals surface area contributed by atoms with Crippen LogP contribution in [0.3, 0.4) is 0 Å². The first-order valence-corrected chi connectivity index (χ1v) is 9.06. The Kier molecular flexibility index (Phi) is 12.9. The fourth-order valence-corrected chi connectivity index (χ4v) is 2.55. The van der Waals surface area contributed by atoms with Crippen molar-refractivity contribution in [2.24, 2.45) is 4.99 Å². The maximum absolute atomic E-state index is 11.7. The number of thioether (sulfide) groups is 1. The number of nitrogens with zero attached hydrogens (tertiary/aromatic N) is 3. The van der Waals surface area contributed by atoms with Crippen LogP contribution in [0.25, 0.3) is 0 Å². The molecule has 0 atom stereocenters. The smallest absolute Gasteiger partial charge is 0.409 e. The van der Waals surface area contributed by atoms with E-state index in [9.17, 15) is 4.79 Å². The van der Waals surface area contributed by atoms with Gasteiger partial charge in [0, 0.05) is 39.3 Å². The molecule has 22 heavy (non-hydrogen) atoms. The molecule has 1 heterocycles. The monoisotopic (exact) mass is 444 g/mol. The molecule has 0 saturated carbocycles. The number of carbonyl (C=O) groups excluding carboxylic acids is 1. The van der Waals surface area contributed by atoms with E-state index in [1.54, 1.807) is 4.90 Å². The van der Waals surface area contributed by atoms with Gasteiger partial charge in [-0.15, -0.1) is 24.0 Å². The summed E-state index contributed by atoms with van der Waals surface area (Å²) in [5.41, 5.74) is 0. The fourth-order valence-electron chi connectivity index (χ4n) is 2.14. The first kappa shape index (κ1) is 21.6. The van der Waals surface area contributed by atoms with Crippen LogP contribution in [0.2, 0.25) is 0 Å². The van der Waals surface area contributed by atoms with E-state index in [-0.39, 0.29) is 30.1 Å². The molecule has 0 spiro atoms. The molecule has 8 heteroatoms. The molecule has 1 aliphatic heterocycles. The third-order valence-corrected chi connectivity index (χ3v) is 3.91. The quantitative estimate of drug-likeness (QED) is 0.294. The summed E-state index contributed by atoms with van der Waals surface area (Å²) in [5, 5.41) is 3.33. The minimum Gasteiger partial charge on any atom is -0.450 e. The molecular formula is C14H29IN4O2S. The highest BCUT2D eigenvalue weighted by molar-refractivity contribution is 14.0. The second kappa shape index (κ2) is 13.1. The summed E-state index contributed by atoms with van der Waals surface area (Å²) in [6.07, 6.45) is 3.00. The van der Waals surface area contributed by atoms with E-state index in [1.807, 2.05) is 18.7 Å². The van der Waals surface area contributed by atoms with Gasteiger partial charge in [-0.1, -0.05) is 0 Å². The number of hydrogen-bond donors (Lipinski definition) is 1. The number of amides is 1. The summed E-state index contributed by atoms with van der Waals surface area (Å²) in [6, 6.07) is 0. The van der Waals surface area contributed by atoms with Gasteiger partial charge in [-0.3, -0.25) is 4.99 Å². The SMILES string of the molecule is CCNC(=NCCCSC)N1CCN(C(=O)OCC)CC1.I. The Morgan fingerprint density at radius 1 is 1.23 bits per heavy atom. The van der Waals surface area contributed by atoms with Gasteiger partial charge in [0.15, 0.2) is 5.96 Å². The number of nitrogens with one attached hydrogen (secondary N) is 1. The molecule has 0 aromatic rings. The first-order valence-electron chi connectivity index (χ1n) is 7.66. The van der Waals surface area contributed by atoms with Crippen molar-refractivity contribution >= 4 is 47.8 Å². The van der Waals surface area contributed by atoms with Crippen molar-refractivity contribution in [3.63, 3.8) is 0 Å². The largest absolute Gasteiger partial charge is 0.450 e. The minimum atomic E-state index is -0.209. The van der Waals surface area contributed by atoms with Crippen LogP contribution in [0.4, 0.5) is 4.79 Å². The third-order valence-electron chi connectivity index (χ3n) is 3.21. The summed E-state index contributed by atoms with van der Waals surface area (Å²) in [5.74, 6) is 2.10. The lowest BCUT2D eigenvalue weighted by Gasteiger charge is -2.35. The van der Waals surface area contributed by atoms with E-state index in [4.69, 9.17) is 4.74 Å². The molecule has 130 valence electrons. The van der Waals surface area contributed by atoms with Gasteiger partial charge in [-0.05, 0) is 32.3 Å². The van der Waals surface area contributed by atoms with Crippen LogP contribution in [0, 0.1) is 0 Å². The normalized spacial score (nSPS) is 15.3. The van der Waals surface area contributed by atoms with Crippen molar-refractivity contribution < 1.29 is 9.53 Å². The Morgan fingerprint density at radius 2 is 1.86 bits per heavy atom. The molecule has 1 amide bonds. The van der Waals surface area contributed by atoms with Crippen LogP contribution < -0.4 is 5.32 Å². The number of carbonyl (C=O) groups is 1. The molecule has 0 bridgehead atoms. The van der Waals surface area contributed by atoms with Crippen LogP contribution in [0.5, 0.6) is 0 Å². The predicted molar refractivity (Wildman–Crippen MR) is 105 cm³/mol. The molecular weight excluding hydrogens is 415 g/mol. The van der Waals surface area contributed by atoms with Crippen LogP contribution in [-0.2, 0) is 4.74 Å². The maximum atomic E-state index is 11.7. The van der Waals surface area contributed by atoms with E-state index in [0.29, 0.717) is 19.7 Å². The van der Waals surface area contributed by atoms with Gasteiger partial charge in [-0.2, -0.15) is 11.8 Å². The van der Waals surface area contributed by atoms with E-state index in [1.165, 1.54) is 0 Å². The molecule has 0 unspecified atom stereocenters. The fraction of sp³-hybridized carbons (Fsp3) is 0.857. The molecule has 0 aliphatic carbocycles. The van der Waals surface area contributed by atoms with Gasteiger partial charge >= 0.3 is 6.09 Å². The highest BCUT2D eigenvalue weighted by atomic mass is 127. The second-order valence-corrected chi connectivity index (χ2v) is 5.74. The third kappa shape index (κ3) is 7.75. The summed E-state index contributed by atoms with van der Waals surface area (Å²) in [6.45, 7) is 9.02. The average molecular weight is 444 g/mol. The van der Waals surface area contributed by atoms with E-state index in [2.05, 4.69) is 28.4 Å². The molecule has 0 radical (unpaired) electrons. The number of rotatable bonds is 6. The lowest BCUT2D eigenvalue weighted by atomic mass is 10.3. The number of guanidine groups is 1. The van der Waals surface area contributed by atoms with Crippen LogP contribution in [-0.4, -0.2) is 79.7 Å². The number of ether oxygens (including phenoxy) is 1. The van der Waals surface area contributed by atoms with Crippen LogP contribution >= 0.6 is 35.7 Å². The zero-order valence-electron chi connectivity index (χ0n) is 13.8. The first-order chi connectivity index (χ1) is 10.2. The van der Waals surface area contributed by atoms with Crippen molar-refractivity contribution in [2.45, 2.75) is 20.3 Å². The van der Waals surface area contributed by atoms with Crippen molar-refractivity contribution in [1.82, 2.24) is 15.1 Å². The summed E-state index contributed by atoms with van der Waals surface area (Å²) in [7, 11) is 0. The second-order valence-electron chi connectivity index (χ2n) is 4.76. The van der Waals surface area contributed by atoms with Crippen molar-refractivity contribution in [2.75, 3.05) is 57.9 Å².